The molecule has 0 radical (unpaired) electrons. The Morgan fingerprint density at radius 1 is 0.871 bits per heavy atom. The molecule has 0 heterocycles. The molecule has 0 amide bonds. The van der Waals surface area contributed by atoms with E-state index < -0.39 is 5.97 Å². The van der Waals surface area contributed by atoms with Crippen LogP contribution < -0.4 is 0 Å². The Kier molecular flexibility index (Phi) is 5.89. The molecule has 0 aromatic rings. The molecule has 0 aliphatic heterocycles. The molecule has 0 aromatic carbocycles. The maximum Gasteiger partial charge on any atom is 0.303 e. The van der Waals surface area contributed by atoms with Crippen molar-refractivity contribution in [3.8, 4) is 0 Å². The van der Waals surface area contributed by atoms with Gasteiger partial charge in [-0.1, -0.05) is 13.8 Å². The zero-order chi connectivity index (χ0) is 22.6. The highest BCUT2D eigenvalue weighted by atomic mass is 16.5. The first-order valence-electron chi connectivity index (χ1n) is 12.1. The maximum absolute atomic E-state index is 11.9. The number of hydrogen-bond acceptors (Lipinski definition) is 5. The van der Waals surface area contributed by atoms with Gasteiger partial charge in [0.15, 0.2) is 0 Å². The molecule has 4 rings (SSSR count). The van der Waals surface area contributed by atoms with Gasteiger partial charge in [0.05, 0.1) is 6.42 Å². The Morgan fingerprint density at radius 3 is 2.19 bits per heavy atom. The summed E-state index contributed by atoms with van der Waals surface area (Å²) in [4.78, 5) is 34.9. The number of aliphatic carboxylic acids is 1. The molecule has 0 unspecified atom stereocenters. The van der Waals surface area contributed by atoms with E-state index in [1.165, 1.54) is 13.8 Å². The molecule has 1 N–H and O–H groups in total. The first-order valence-corrected chi connectivity index (χ1v) is 12.1. The van der Waals surface area contributed by atoms with Crippen LogP contribution in [-0.2, 0) is 23.9 Å². The number of carboxylic acids is 1. The highest BCUT2D eigenvalue weighted by Gasteiger charge is 2.63. The lowest BCUT2D eigenvalue weighted by atomic mass is 9.45. The Morgan fingerprint density at radius 2 is 1.55 bits per heavy atom. The van der Waals surface area contributed by atoms with Crippen LogP contribution in [0.2, 0.25) is 0 Å². The summed E-state index contributed by atoms with van der Waals surface area (Å²) in [5.41, 5.74) is 0.119. The summed E-state index contributed by atoms with van der Waals surface area (Å²) in [6.07, 6.45) is 8.07. The van der Waals surface area contributed by atoms with E-state index in [0.29, 0.717) is 23.7 Å². The molecular weight excluding hydrogens is 396 g/mol. The second-order valence-electron chi connectivity index (χ2n) is 11.3. The Hall–Kier alpha value is -1.59. The average Bonchev–Trinajstić information content (AvgIpc) is 2.92. The van der Waals surface area contributed by atoms with Crippen LogP contribution in [0.4, 0.5) is 0 Å². The molecule has 4 aliphatic carbocycles. The van der Waals surface area contributed by atoms with Gasteiger partial charge in [0.2, 0.25) is 0 Å². The van der Waals surface area contributed by atoms with E-state index in [1.54, 1.807) is 0 Å². The number of rotatable bonds is 4. The second kappa shape index (κ2) is 8.08. The van der Waals surface area contributed by atoms with Gasteiger partial charge in [-0.3, -0.25) is 14.4 Å². The average molecular weight is 435 g/mol. The predicted octanol–water partition coefficient (Wildman–Crippen LogP) is 4.59. The zero-order valence-corrected chi connectivity index (χ0v) is 19.4. The fourth-order valence-corrected chi connectivity index (χ4v) is 8.52. The summed E-state index contributed by atoms with van der Waals surface area (Å²) < 4.78 is 11.4. The first kappa shape index (κ1) is 22.6. The molecule has 4 saturated carbocycles. The molecule has 9 atom stereocenters. The summed E-state index contributed by atoms with van der Waals surface area (Å²) in [5, 5.41) is 9.48. The lowest BCUT2D eigenvalue weighted by Crippen LogP contribution is -2.55. The van der Waals surface area contributed by atoms with Gasteiger partial charge in [-0.05, 0) is 80.5 Å². The topological polar surface area (TPSA) is 89.9 Å². The van der Waals surface area contributed by atoms with Crippen molar-refractivity contribution in [2.75, 3.05) is 0 Å². The number of hydrogen-bond donors (Lipinski definition) is 1. The Bertz CT molecular complexity index is 748. The van der Waals surface area contributed by atoms with Gasteiger partial charge in [0.25, 0.3) is 0 Å². The largest absolute Gasteiger partial charge is 0.481 e. The van der Waals surface area contributed by atoms with Crippen LogP contribution in [0.3, 0.4) is 0 Å². The van der Waals surface area contributed by atoms with E-state index in [4.69, 9.17) is 9.47 Å². The highest BCUT2D eigenvalue weighted by Crippen LogP contribution is 2.67. The Labute approximate surface area is 185 Å². The zero-order valence-electron chi connectivity index (χ0n) is 19.4. The number of esters is 2. The Balaban J connectivity index is 1.56. The molecule has 4 aliphatic rings. The van der Waals surface area contributed by atoms with Crippen molar-refractivity contribution in [1.29, 1.82) is 0 Å². The van der Waals surface area contributed by atoms with Gasteiger partial charge < -0.3 is 14.6 Å². The third-order valence-corrected chi connectivity index (χ3v) is 9.75. The van der Waals surface area contributed by atoms with Crippen LogP contribution >= 0.6 is 0 Å². The number of ether oxygens (including phenoxy) is 2. The first-order chi connectivity index (χ1) is 14.5. The van der Waals surface area contributed by atoms with Crippen LogP contribution in [0, 0.1) is 40.4 Å². The minimum Gasteiger partial charge on any atom is -0.481 e. The van der Waals surface area contributed by atoms with Gasteiger partial charge in [-0.2, -0.15) is 0 Å². The van der Waals surface area contributed by atoms with E-state index in [9.17, 15) is 19.5 Å². The number of fused-ring (bicyclic) bond motifs is 5. The summed E-state index contributed by atoms with van der Waals surface area (Å²) >= 11 is 0. The maximum atomic E-state index is 11.9. The monoisotopic (exact) mass is 434 g/mol. The molecule has 0 aromatic heterocycles. The molecule has 0 spiro atoms. The van der Waals surface area contributed by atoms with Crippen LogP contribution in [0.1, 0.15) is 85.5 Å². The molecule has 31 heavy (non-hydrogen) atoms. The smallest absolute Gasteiger partial charge is 0.303 e. The van der Waals surface area contributed by atoms with Crippen molar-refractivity contribution in [3.05, 3.63) is 0 Å². The SMILES string of the molecule is CC(=O)O[C@H]1CC[C@@]2(C)[C@@H](CC[C@@H]3[C@@H]2CC[C@@]2(C)[C@H]3C[C@H](CC(=O)O)[C@@H]2OC(C)=O)C1. The molecule has 0 saturated heterocycles. The van der Waals surface area contributed by atoms with Crippen molar-refractivity contribution in [2.45, 2.75) is 97.7 Å². The van der Waals surface area contributed by atoms with Gasteiger partial charge in [0.1, 0.15) is 12.2 Å². The third-order valence-electron chi connectivity index (χ3n) is 9.75. The summed E-state index contributed by atoms with van der Waals surface area (Å²) in [7, 11) is 0. The molecule has 6 heteroatoms. The van der Waals surface area contributed by atoms with E-state index >= 15 is 0 Å². The molecule has 6 nitrogen and oxygen atoms in total. The van der Waals surface area contributed by atoms with Crippen molar-refractivity contribution in [2.24, 2.45) is 40.4 Å². The molecule has 4 fully saturated rings. The van der Waals surface area contributed by atoms with E-state index in [-0.39, 0.29) is 47.3 Å². The van der Waals surface area contributed by atoms with E-state index in [0.717, 1.165) is 51.4 Å². The number of carbonyl (C=O) groups is 3. The minimum atomic E-state index is -0.805. The summed E-state index contributed by atoms with van der Waals surface area (Å²) in [6.45, 7) is 7.64. The van der Waals surface area contributed by atoms with Gasteiger partial charge in [-0.15, -0.1) is 0 Å². The van der Waals surface area contributed by atoms with Gasteiger partial charge in [-0.25, -0.2) is 0 Å². The predicted molar refractivity (Wildman–Crippen MR) is 114 cm³/mol. The van der Waals surface area contributed by atoms with Crippen molar-refractivity contribution in [3.63, 3.8) is 0 Å². The standard InChI is InChI=1S/C25H38O6/c1-14(26)30-18-7-9-24(3)17(13-18)5-6-19-20(24)8-10-25(4)21(19)11-16(12-22(28)29)23(25)31-15(2)27/h16-21,23H,5-13H2,1-4H3,(H,28,29)/t16-,17+,18+,19-,20+,21+,23+,24+,25+/m1/s1. The number of carbonyl (C=O) groups excluding carboxylic acids is 2. The van der Waals surface area contributed by atoms with E-state index in [2.05, 4.69) is 13.8 Å². The van der Waals surface area contributed by atoms with Crippen LogP contribution in [0.15, 0.2) is 0 Å². The van der Waals surface area contributed by atoms with E-state index in [1.807, 2.05) is 0 Å². The second-order valence-corrected chi connectivity index (χ2v) is 11.3. The fraction of sp³-hybridized carbons (Fsp3) is 0.880. The highest BCUT2D eigenvalue weighted by molar-refractivity contribution is 5.68. The van der Waals surface area contributed by atoms with Crippen LogP contribution in [-0.4, -0.2) is 35.2 Å². The summed E-state index contributed by atoms with van der Waals surface area (Å²) in [6, 6.07) is 0. The fourth-order valence-electron chi connectivity index (χ4n) is 8.52. The van der Waals surface area contributed by atoms with Gasteiger partial charge in [0, 0.05) is 25.2 Å². The minimum absolute atomic E-state index is 0.0563. The summed E-state index contributed by atoms with van der Waals surface area (Å²) in [5.74, 6) is 0.777. The van der Waals surface area contributed by atoms with Gasteiger partial charge >= 0.3 is 17.9 Å². The van der Waals surface area contributed by atoms with Crippen LogP contribution in [0.5, 0.6) is 0 Å². The molecule has 0 bridgehead atoms. The lowest BCUT2D eigenvalue weighted by Gasteiger charge is -2.60. The lowest BCUT2D eigenvalue weighted by molar-refractivity contribution is -0.170. The van der Waals surface area contributed by atoms with Crippen molar-refractivity contribution < 1.29 is 29.0 Å². The quantitative estimate of drug-likeness (QED) is 0.651. The molecule has 174 valence electrons. The van der Waals surface area contributed by atoms with Crippen molar-refractivity contribution >= 4 is 17.9 Å². The third kappa shape index (κ3) is 3.89. The number of carboxylic acid groups (broad SMARTS) is 1. The molecular formula is C25H38O6. The van der Waals surface area contributed by atoms with Crippen molar-refractivity contribution in [1.82, 2.24) is 0 Å². The normalized spacial score (nSPS) is 46.3. The van der Waals surface area contributed by atoms with Crippen LogP contribution in [0.25, 0.3) is 0 Å².